The van der Waals surface area contributed by atoms with Crippen LogP contribution in [0.4, 0.5) is 0 Å². The summed E-state index contributed by atoms with van der Waals surface area (Å²) in [5.41, 5.74) is 2.75. The molecule has 2 heteroatoms. The molecule has 0 saturated carbocycles. The number of hydrogen-bond acceptors (Lipinski definition) is 2. The van der Waals surface area contributed by atoms with Crippen molar-refractivity contribution in [1.29, 1.82) is 0 Å². The van der Waals surface area contributed by atoms with Crippen molar-refractivity contribution < 1.29 is 4.74 Å². The maximum absolute atomic E-state index is 6.12. The Morgan fingerprint density at radius 1 is 1.32 bits per heavy atom. The lowest BCUT2D eigenvalue weighted by Gasteiger charge is -2.26. The predicted octanol–water partition coefficient (Wildman–Crippen LogP) is 3.67. The molecule has 19 heavy (non-hydrogen) atoms. The first-order valence-corrected chi connectivity index (χ1v) is 7.41. The number of rotatable bonds is 3. The molecule has 1 atom stereocenters. The van der Waals surface area contributed by atoms with E-state index in [-0.39, 0.29) is 5.41 Å². The number of aryl methyl sites for hydroxylation is 1. The van der Waals surface area contributed by atoms with E-state index in [0.717, 1.165) is 25.4 Å². The van der Waals surface area contributed by atoms with Gasteiger partial charge in [-0.05, 0) is 43.4 Å². The fourth-order valence-corrected chi connectivity index (χ4v) is 2.63. The lowest BCUT2D eigenvalue weighted by molar-refractivity contribution is 0.215. The van der Waals surface area contributed by atoms with Gasteiger partial charge >= 0.3 is 0 Å². The molecule has 1 aromatic rings. The minimum absolute atomic E-state index is 0.131. The van der Waals surface area contributed by atoms with Crippen LogP contribution in [-0.2, 0) is 5.41 Å². The van der Waals surface area contributed by atoms with Crippen molar-refractivity contribution in [3.05, 3.63) is 29.3 Å². The van der Waals surface area contributed by atoms with E-state index in [4.69, 9.17) is 4.74 Å². The molecule has 0 spiro atoms. The Balaban J connectivity index is 2.06. The topological polar surface area (TPSA) is 21.3 Å². The highest BCUT2D eigenvalue weighted by Crippen LogP contribution is 2.32. The van der Waals surface area contributed by atoms with Crippen molar-refractivity contribution in [3.8, 4) is 5.75 Å². The van der Waals surface area contributed by atoms with E-state index >= 15 is 0 Å². The monoisotopic (exact) mass is 261 g/mol. The number of benzene rings is 1. The SMILES string of the molecule is Cc1ccc(OCC2CCCNC2)c(C(C)(C)C)c1. The third-order valence-corrected chi connectivity index (χ3v) is 3.82. The quantitative estimate of drug-likeness (QED) is 0.896. The summed E-state index contributed by atoms with van der Waals surface area (Å²) in [6.07, 6.45) is 2.55. The molecule has 1 unspecified atom stereocenters. The van der Waals surface area contributed by atoms with Crippen molar-refractivity contribution in [1.82, 2.24) is 5.32 Å². The normalized spacial score (nSPS) is 20.3. The average Bonchev–Trinajstić information content (AvgIpc) is 2.37. The van der Waals surface area contributed by atoms with Gasteiger partial charge in [-0.15, -0.1) is 0 Å². The van der Waals surface area contributed by atoms with E-state index in [9.17, 15) is 0 Å². The summed E-state index contributed by atoms with van der Waals surface area (Å²) >= 11 is 0. The molecule has 1 heterocycles. The summed E-state index contributed by atoms with van der Waals surface area (Å²) in [7, 11) is 0. The zero-order chi connectivity index (χ0) is 13.9. The molecular formula is C17H27NO. The van der Waals surface area contributed by atoms with Crippen LogP contribution in [0, 0.1) is 12.8 Å². The van der Waals surface area contributed by atoms with E-state index < -0.39 is 0 Å². The Labute approximate surface area is 117 Å². The third-order valence-electron chi connectivity index (χ3n) is 3.82. The van der Waals surface area contributed by atoms with Crippen LogP contribution in [0.25, 0.3) is 0 Å². The number of nitrogens with one attached hydrogen (secondary N) is 1. The third kappa shape index (κ3) is 3.97. The van der Waals surface area contributed by atoms with Crippen LogP contribution in [0.5, 0.6) is 5.75 Å². The Morgan fingerprint density at radius 3 is 2.74 bits per heavy atom. The highest BCUT2D eigenvalue weighted by atomic mass is 16.5. The molecule has 0 aliphatic carbocycles. The second kappa shape index (κ2) is 5.96. The predicted molar refractivity (Wildman–Crippen MR) is 81.0 cm³/mol. The lowest BCUT2D eigenvalue weighted by atomic mass is 9.85. The van der Waals surface area contributed by atoms with Gasteiger partial charge in [0.05, 0.1) is 6.61 Å². The number of piperidine rings is 1. The van der Waals surface area contributed by atoms with Gasteiger partial charge in [-0.3, -0.25) is 0 Å². The van der Waals surface area contributed by atoms with Gasteiger partial charge in [-0.25, -0.2) is 0 Å². The molecule has 0 amide bonds. The molecule has 1 N–H and O–H groups in total. The average molecular weight is 261 g/mol. The smallest absolute Gasteiger partial charge is 0.123 e. The molecule has 106 valence electrons. The first kappa shape index (κ1) is 14.4. The van der Waals surface area contributed by atoms with Gasteiger partial charge in [0.15, 0.2) is 0 Å². The first-order chi connectivity index (χ1) is 8.97. The van der Waals surface area contributed by atoms with Gasteiger partial charge in [-0.2, -0.15) is 0 Å². The van der Waals surface area contributed by atoms with E-state index in [2.05, 4.69) is 51.2 Å². The van der Waals surface area contributed by atoms with Crippen LogP contribution in [0.1, 0.15) is 44.7 Å². The Hall–Kier alpha value is -1.02. The van der Waals surface area contributed by atoms with Gasteiger partial charge in [0.25, 0.3) is 0 Å². The summed E-state index contributed by atoms with van der Waals surface area (Å²) in [5, 5.41) is 3.45. The summed E-state index contributed by atoms with van der Waals surface area (Å²) in [5.74, 6) is 1.71. The Kier molecular flexibility index (Phi) is 4.51. The molecule has 1 saturated heterocycles. The van der Waals surface area contributed by atoms with Crippen molar-refractivity contribution in [2.24, 2.45) is 5.92 Å². The molecule has 1 fully saturated rings. The minimum Gasteiger partial charge on any atom is -0.493 e. The van der Waals surface area contributed by atoms with Crippen LogP contribution in [0.3, 0.4) is 0 Å². The fraction of sp³-hybridized carbons (Fsp3) is 0.647. The maximum Gasteiger partial charge on any atom is 0.123 e. The lowest BCUT2D eigenvalue weighted by Crippen LogP contribution is -2.33. The molecule has 1 aromatic carbocycles. The van der Waals surface area contributed by atoms with Crippen LogP contribution >= 0.6 is 0 Å². The largest absolute Gasteiger partial charge is 0.493 e. The van der Waals surface area contributed by atoms with Crippen molar-refractivity contribution in [2.75, 3.05) is 19.7 Å². The maximum atomic E-state index is 6.12. The highest BCUT2D eigenvalue weighted by molar-refractivity contribution is 5.41. The zero-order valence-corrected chi connectivity index (χ0v) is 12.8. The van der Waals surface area contributed by atoms with Gasteiger partial charge < -0.3 is 10.1 Å². The van der Waals surface area contributed by atoms with Gasteiger partial charge in [0.2, 0.25) is 0 Å². The molecular weight excluding hydrogens is 234 g/mol. The summed E-state index contributed by atoms with van der Waals surface area (Å²) < 4.78 is 6.12. The van der Waals surface area contributed by atoms with Gasteiger partial charge in [0.1, 0.15) is 5.75 Å². The summed E-state index contributed by atoms with van der Waals surface area (Å²) in [6, 6.07) is 6.53. The highest BCUT2D eigenvalue weighted by Gasteiger charge is 2.20. The molecule has 2 nitrogen and oxygen atoms in total. The molecule has 1 aliphatic rings. The van der Waals surface area contributed by atoms with Crippen molar-refractivity contribution in [3.63, 3.8) is 0 Å². The standard InChI is InChI=1S/C17H27NO/c1-13-7-8-16(15(10-13)17(2,3)4)19-12-14-6-5-9-18-11-14/h7-8,10,14,18H,5-6,9,11-12H2,1-4H3. The van der Waals surface area contributed by atoms with Crippen LogP contribution in [0.15, 0.2) is 18.2 Å². The van der Waals surface area contributed by atoms with Gasteiger partial charge in [0, 0.05) is 12.5 Å². The molecule has 0 aromatic heterocycles. The molecule has 1 aliphatic heterocycles. The van der Waals surface area contributed by atoms with Crippen LogP contribution < -0.4 is 10.1 Å². The Bertz CT molecular complexity index is 414. The fourth-order valence-electron chi connectivity index (χ4n) is 2.63. The summed E-state index contributed by atoms with van der Waals surface area (Å²) in [4.78, 5) is 0. The van der Waals surface area contributed by atoms with Crippen molar-refractivity contribution >= 4 is 0 Å². The van der Waals surface area contributed by atoms with Crippen LogP contribution in [0.2, 0.25) is 0 Å². The molecule has 0 bridgehead atoms. The van der Waals surface area contributed by atoms with E-state index in [1.165, 1.54) is 24.0 Å². The second-order valence-corrected chi connectivity index (χ2v) is 6.77. The first-order valence-electron chi connectivity index (χ1n) is 7.41. The van der Waals surface area contributed by atoms with Gasteiger partial charge in [-0.1, -0.05) is 38.5 Å². The van der Waals surface area contributed by atoms with E-state index in [1.54, 1.807) is 0 Å². The Morgan fingerprint density at radius 2 is 2.11 bits per heavy atom. The molecule has 0 radical (unpaired) electrons. The van der Waals surface area contributed by atoms with Crippen molar-refractivity contribution in [2.45, 2.75) is 46.0 Å². The van der Waals surface area contributed by atoms with E-state index in [1.807, 2.05) is 0 Å². The second-order valence-electron chi connectivity index (χ2n) is 6.77. The zero-order valence-electron chi connectivity index (χ0n) is 12.8. The minimum atomic E-state index is 0.131. The number of ether oxygens (including phenoxy) is 1. The van der Waals surface area contributed by atoms with Crippen LogP contribution in [-0.4, -0.2) is 19.7 Å². The summed E-state index contributed by atoms with van der Waals surface area (Å²) in [6.45, 7) is 12.0. The molecule has 2 rings (SSSR count). The number of hydrogen-bond donors (Lipinski definition) is 1. The van der Waals surface area contributed by atoms with E-state index in [0.29, 0.717) is 5.92 Å².